The van der Waals surface area contributed by atoms with E-state index in [2.05, 4.69) is 16.5 Å². The lowest BCUT2D eigenvalue weighted by Crippen LogP contribution is -2.54. The molecule has 0 saturated carbocycles. The summed E-state index contributed by atoms with van der Waals surface area (Å²) in [5.41, 5.74) is 1.09. The Morgan fingerprint density at radius 1 is 1.41 bits per heavy atom. The minimum absolute atomic E-state index is 0.0293. The SMILES string of the molecule is C=C[C@H]1CN2CCC1C[C@H]2[C@H](O)c1cc(C=O)nc2c(O)cc(OC)cc12. The maximum atomic E-state index is 11.4. The van der Waals surface area contributed by atoms with Crippen LogP contribution in [0, 0.1) is 11.8 Å². The number of aromatic nitrogens is 1. The summed E-state index contributed by atoms with van der Waals surface area (Å²) in [4.78, 5) is 17.9. The number of ether oxygens (including phenoxy) is 1. The number of aliphatic hydroxyl groups excluding tert-OH is 1. The Kier molecular flexibility index (Phi) is 4.61. The average Bonchev–Trinajstić information content (AvgIpc) is 2.72. The smallest absolute Gasteiger partial charge is 0.168 e. The van der Waals surface area contributed by atoms with Crippen LogP contribution in [0.5, 0.6) is 11.5 Å². The van der Waals surface area contributed by atoms with Gasteiger partial charge in [0.25, 0.3) is 0 Å². The number of aldehydes is 1. The highest BCUT2D eigenvalue weighted by atomic mass is 16.5. The van der Waals surface area contributed by atoms with Gasteiger partial charge < -0.3 is 14.9 Å². The molecule has 3 aliphatic heterocycles. The normalized spacial score (nSPS) is 28.1. The molecule has 3 saturated heterocycles. The largest absolute Gasteiger partial charge is 0.506 e. The van der Waals surface area contributed by atoms with Crippen LogP contribution in [0.3, 0.4) is 0 Å². The predicted octanol–water partition coefficient (Wildman–Crippen LogP) is 2.69. The number of phenols is 1. The topological polar surface area (TPSA) is 82.9 Å². The predicted molar refractivity (Wildman–Crippen MR) is 102 cm³/mol. The fourth-order valence-corrected chi connectivity index (χ4v) is 4.67. The van der Waals surface area contributed by atoms with Gasteiger partial charge in [-0.25, -0.2) is 4.98 Å². The molecule has 5 rings (SSSR count). The highest BCUT2D eigenvalue weighted by Gasteiger charge is 2.42. The monoisotopic (exact) mass is 368 g/mol. The highest BCUT2D eigenvalue weighted by Crippen LogP contribution is 2.43. The van der Waals surface area contributed by atoms with Crippen LogP contribution in [0.25, 0.3) is 10.9 Å². The number of pyridine rings is 1. The van der Waals surface area contributed by atoms with Crippen molar-refractivity contribution in [3.05, 3.63) is 42.1 Å². The van der Waals surface area contributed by atoms with Crippen LogP contribution in [0.1, 0.15) is 35.0 Å². The number of piperidine rings is 3. The second-order valence-corrected chi connectivity index (χ2v) is 7.49. The summed E-state index contributed by atoms with van der Waals surface area (Å²) >= 11 is 0. The van der Waals surface area contributed by atoms with Gasteiger partial charge in [0.05, 0.1) is 13.2 Å². The molecule has 0 spiro atoms. The van der Waals surface area contributed by atoms with Crippen LogP contribution in [0.4, 0.5) is 0 Å². The van der Waals surface area contributed by atoms with Crippen molar-refractivity contribution in [2.75, 3.05) is 20.2 Å². The molecule has 6 nitrogen and oxygen atoms in total. The Morgan fingerprint density at radius 3 is 2.85 bits per heavy atom. The maximum Gasteiger partial charge on any atom is 0.168 e. The van der Waals surface area contributed by atoms with Gasteiger partial charge in [-0.3, -0.25) is 9.69 Å². The average molecular weight is 368 g/mol. The summed E-state index contributed by atoms with van der Waals surface area (Å²) in [5.74, 6) is 1.39. The van der Waals surface area contributed by atoms with Crippen molar-refractivity contribution in [2.24, 2.45) is 11.8 Å². The second kappa shape index (κ2) is 6.94. The summed E-state index contributed by atoms with van der Waals surface area (Å²) in [5, 5.41) is 22.2. The molecular formula is C21H24N2O4. The molecule has 6 heteroatoms. The van der Waals surface area contributed by atoms with Crippen molar-refractivity contribution in [3.63, 3.8) is 0 Å². The van der Waals surface area contributed by atoms with Crippen molar-refractivity contribution >= 4 is 17.2 Å². The number of hydrogen-bond donors (Lipinski definition) is 2. The summed E-state index contributed by atoms with van der Waals surface area (Å²) in [6.07, 6.45) is 3.88. The summed E-state index contributed by atoms with van der Waals surface area (Å²) in [6, 6.07) is 4.80. The van der Waals surface area contributed by atoms with Crippen LogP contribution < -0.4 is 4.74 Å². The lowest BCUT2D eigenvalue weighted by molar-refractivity contribution is -0.0445. The van der Waals surface area contributed by atoms with Gasteiger partial charge in [0, 0.05) is 24.0 Å². The number of phenolic OH excluding ortho intramolecular Hbond substituents is 1. The van der Waals surface area contributed by atoms with Crippen LogP contribution in [0.2, 0.25) is 0 Å². The minimum atomic E-state index is -0.783. The third-order valence-electron chi connectivity index (χ3n) is 6.11. The Morgan fingerprint density at radius 2 is 2.22 bits per heavy atom. The molecule has 5 atom stereocenters. The van der Waals surface area contributed by atoms with Crippen LogP contribution >= 0.6 is 0 Å². The van der Waals surface area contributed by atoms with Crippen molar-refractivity contribution in [3.8, 4) is 11.5 Å². The van der Waals surface area contributed by atoms with E-state index < -0.39 is 6.10 Å². The molecule has 0 aliphatic carbocycles. The molecule has 2 unspecified atom stereocenters. The molecule has 0 radical (unpaired) electrons. The van der Waals surface area contributed by atoms with Crippen molar-refractivity contribution in [1.29, 1.82) is 0 Å². The number of aliphatic hydroxyl groups is 1. The second-order valence-electron chi connectivity index (χ2n) is 7.49. The Balaban J connectivity index is 1.79. The summed E-state index contributed by atoms with van der Waals surface area (Å²) in [7, 11) is 1.52. The van der Waals surface area contributed by atoms with Gasteiger partial charge in [-0.1, -0.05) is 6.08 Å². The van der Waals surface area contributed by atoms with E-state index in [0.29, 0.717) is 40.3 Å². The number of methoxy groups -OCH3 is 1. The van der Waals surface area contributed by atoms with E-state index in [1.807, 2.05) is 6.08 Å². The van der Waals surface area contributed by atoms with Gasteiger partial charge in [0.2, 0.25) is 0 Å². The molecule has 0 amide bonds. The van der Waals surface area contributed by atoms with Crippen molar-refractivity contribution in [1.82, 2.24) is 9.88 Å². The van der Waals surface area contributed by atoms with E-state index in [1.165, 1.54) is 13.2 Å². The molecule has 142 valence electrons. The number of rotatable bonds is 5. The zero-order valence-corrected chi connectivity index (χ0v) is 15.3. The minimum Gasteiger partial charge on any atom is -0.506 e. The Labute approximate surface area is 158 Å². The maximum absolute atomic E-state index is 11.4. The van der Waals surface area contributed by atoms with E-state index in [9.17, 15) is 15.0 Å². The quantitative estimate of drug-likeness (QED) is 0.624. The van der Waals surface area contributed by atoms with E-state index in [0.717, 1.165) is 25.9 Å². The first-order chi connectivity index (χ1) is 13.0. The molecule has 3 fully saturated rings. The van der Waals surface area contributed by atoms with Gasteiger partial charge in [0.15, 0.2) is 6.29 Å². The molecule has 4 heterocycles. The Bertz CT molecular complexity index is 897. The number of benzene rings is 1. The zero-order chi connectivity index (χ0) is 19.1. The van der Waals surface area contributed by atoms with Crippen LogP contribution in [-0.2, 0) is 0 Å². The lowest BCUT2D eigenvalue weighted by atomic mass is 9.73. The number of carbonyl (C=O) groups excluding carboxylic acids is 1. The third kappa shape index (κ3) is 2.99. The van der Waals surface area contributed by atoms with Crippen LogP contribution in [0.15, 0.2) is 30.9 Å². The fourth-order valence-electron chi connectivity index (χ4n) is 4.67. The van der Waals surface area contributed by atoms with Crippen molar-refractivity contribution < 1.29 is 19.7 Å². The molecule has 1 aromatic heterocycles. The first-order valence-electron chi connectivity index (χ1n) is 9.27. The number of nitrogens with zero attached hydrogens (tertiary/aromatic N) is 2. The van der Waals surface area contributed by atoms with Crippen LogP contribution in [-0.4, -0.2) is 52.6 Å². The van der Waals surface area contributed by atoms with E-state index in [-0.39, 0.29) is 17.5 Å². The van der Waals surface area contributed by atoms with Gasteiger partial charge >= 0.3 is 0 Å². The zero-order valence-electron chi connectivity index (χ0n) is 15.3. The molecule has 2 aromatic rings. The van der Waals surface area contributed by atoms with Gasteiger partial charge in [-0.15, -0.1) is 6.58 Å². The third-order valence-corrected chi connectivity index (χ3v) is 6.11. The molecule has 2 N–H and O–H groups in total. The first kappa shape index (κ1) is 17.9. The van der Waals surface area contributed by atoms with Crippen molar-refractivity contribution in [2.45, 2.75) is 25.0 Å². The first-order valence-corrected chi connectivity index (χ1v) is 9.27. The molecular weight excluding hydrogens is 344 g/mol. The fraction of sp³-hybridized carbons (Fsp3) is 0.429. The number of carbonyl (C=O) groups is 1. The standard InChI is InChI=1S/C21H24N2O4/c1-3-12-10-23-5-4-13(12)6-18(23)21(26)17-7-14(11-24)22-20-16(17)8-15(27-2)9-19(20)25/h3,7-9,11-13,18,21,25-26H,1,4-6,10H2,2H3/t12-,13?,18-,21+/m0/s1. The highest BCUT2D eigenvalue weighted by molar-refractivity contribution is 5.92. The Hall–Kier alpha value is -2.44. The van der Waals surface area contributed by atoms with Gasteiger partial charge in [0.1, 0.15) is 22.7 Å². The molecule has 1 aromatic carbocycles. The molecule has 3 aliphatic rings. The number of hydrogen-bond acceptors (Lipinski definition) is 6. The summed E-state index contributed by atoms with van der Waals surface area (Å²) in [6.45, 7) is 5.80. The van der Waals surface area contributed by atoms with E-state index in [1.54, 1.807) is 12.1 Å². The number of aromatic hydroxyl groups is 1. The summed E-state index contributed by atoms with van der Waals surface area (Å²) < 4.78 is 5.26. The van der Waals surface area contributed by atoms with Gasteiger partial charge in [-0.05, 0) is 48.9 Å². The number of fused-ring (bicyclic) bond motifs is 4. The lowest BCUT2D eigenvalue weighted by Gasteiger charge is -2.50. The molecule has 2 bridgehead atoms. The van der Waals surface area contributed by atoms with E-state index in [4.69, 9.17) is 4.74 Å². The van der Waals surface area contributed by atoms with E-state index >= 15 is 0 Å². The molecule has 27 heavy (non-hydrogen) atoms. The van der Waals surface area contributed by atoms with Gasteiger partial charge in [-0.2, -0.15) is 0 Å².